The van der Waals surface area contributed by atoms with Crippen molar-refractivity contribution in [1.29, 1.82) is 0 Å². The highest BCUT2D eigenvalue weighted by molar-refractivity contribution is 5.93. The third-order valence-electron chi connectivity index (χ3n) is 5.67. The summed E-state index contributed by atoms with van der Waals surface area (Å²) in [6.07, 6.45) is 5.25. The molecular weight excluding hydrogens is 379 g/mol. The van der Waals surface area contributed by atoms with Crippen LogP contribution in [0.3, 0.4) is 0 Å². The fraction of sp³-hybridized carbons (Fsp3) is 0.292. The number of hydrogen-bond acceptors (Lipinski definition) is 4. The van der Waals surface area contributed by atoms with E-state index in [1.807, 2.05) is 25.1 Å². The lowest BCUT2D eigenvalue weighted by atomic mass is 9.97. The van der Waals surface area contributed by atoms with Gasteiger partial charge in [0, 0.05) is 36.7 Å². The van der Waals surface area contributed by atoms with Gasteiger partial charge in [-0.05, 0) is 67.6 Å². The number of amides is 1. The van der Waals surface area contributed by atoms with Gasteiger partial charge >= 0.3 is 0 Å². The number of hydrogen-bond donors (Lipinski definition) is 1. The van der Waals surface area contributed by atoms with Gasteiger partial charge in [-0.2, -0.15) is 0 Å². The normalized spacial score (nSPS) is 16.4. The number of nitrogens with zero attached hydrogens (tertiary/aromatic N) is 3. The monoisotopic (exact) mass is 404 g/mol. The smallest absolute Gasteiger partial charge is 0.229 e. The van der Waals surface area contributed by atoms with E-state index in [1.165, 1.54) is 17.7 Å². The largest absolute Gasteiger partial charge is 0.340 e. The first-order valence-electron chi connectivity index (χ1n) is 10.2. The van der Waals surface area contributed by atoms with Crippen LogP contribution in [0.4, 0.5) is 16.0 Å². The second kappa shape index (κ2) is 8.61. The third kappa shape index (κ3) is 4.48. The van der Waals surface area contributed by atoms with Crippen molar-refractivity contribution in [3.05, 3.63) is 71.8 Å². The SMILES string of the molecule is Cc1ccc(NC(=O)[C@@H]2CCCN(c3ncc(-c4ccc(F)cc4)cn3)C2)cc1C. The van der Waals surface area contributed by atoms with Gasteiger partial charge in [0.1, 0.15) is 5.82 Å². The molecule has 0 radical (unpaired) electrons. The van der Waals surface area contributed by atoms with Crippen LogP contribution in [0, 0.1) is 25.6 Å². The Morgan fingerprint density at radius 1 is 1.03 bits per heavy atom. The van der Waals surface area contributed by atoms with E-state index >= 15 is 0 Å². The summed E-state index contributed by atoms with van der Waals surface area (Å²) in [4.78, 5) is 23.8. The molecule has 5 nitrogen and oxygen atoms in total. The summed E-state index contributed by atoms with van der Waals surface area (Å²) < 4.78 is 13.1. The zero-order chi connectivity index (χ0) is 21.1. The summed E-state index contributed by atoms with van der Waals surface area (Å²) >= 11 is 0. The molecular formula is C24H25FN4O. The molecule has 2 aromatic carbocycles. The van der Waals surface area contributed by atoms with Crippen LogP contribution in [-0.4, -0.2) is 29.0 Å². The van der Waals surface area contributed by atoms with Crippen molar-refractivity contribution in [2.45, 2.75) is 26.7 Å². The molecule has 4 rings (SSSR count). The highest BCUT2D eigenvalue weighted by Gasteiger charge is 2.27. The van der Waals surface area contributed by atoms with E-state index in [4.69, 9.17) is 0 Å². The third-order valence-corrected chi connectivity index (χ3v) is 5.67. The summed E-state index contributed by atoms with van der Waals surface area (Å²) in [5.74, 6) is 0.269. The molecule has 0 unspecified atom stereocenters. The van der Waals surface area contributed by atoms with Crippen LogP contribution in [0.5, 0.6) is 0 Å². The second-order valence-electron chi connectivity index (χ2n) is 7.85. The molecule has 3 aromatic rings. The molecule has 1 saturated heterocycles. The Kier molecular flexibility index (Phi) is 5.74. The molecule has 0 saturated carbocycles. The van der Waals surface area contributed by atoms with Crippen LogP contribution in [0.25, 0.3) is 11.1 Å². The fourth-order valence-corrected chi connectivity index (χ4v) is 3.71. The van der Waals surface area contributed by atoms with Crippen molar-refractivity contribution in [3.8, 4) is 11.1 Å². The van der Waals surface area contributed by atoms with E-state index in [-0.39, 0.29) is 17.6 Å². The zero-order valence-corrected chi connectivity index (χ0v) is 17.2. The lowest BCUT2D eigenvalue weighted by Crippen LogP contribution is -2.41. The van der Waals surface area contributed by atoms with Gasteiger partial charge < -0.3 is 10.2 Å². The number of aromatic nitrogens is 2. The lowest BCUT2D eigenvalue weighted by Gasteiger charge is -2.32. The van der Waals surface area contributed by atoms with E-state index in [9.17, 15) is 9.18 Å². The number of anilines is 2. The molecule has 0 bridgehead atoms. The number of rotatable bonds is 4. The van der Waals surface area contributed by atoms with Gasteiger partial charge in [-0.1, -0.05) is 18.2 Å². The summed E-state index contributed by atoms with van der Waals surface area (Å²) in [6.45, 7) is 5.51. The summed E-state index contributed by atoms with van der Waals surface area (Å²) in [7, 11) is 0. The van der Waals surface area contributed by atoms with E-state index in [2.05, 4.69) is 27.1 Å². The molecule has 1 aliphatic heterocycles. The number of halogens is 1. The molecule has 1 amide bonds. The Morgan fingerprint density at radius 2 is 1.77 bits per heavy atom. The quantitative estimate of drug-likeness (QED) is 0.681. The van der Waals surface area contributed by atoms with Crippen LogP contribution in [0.15, 0.2) is 54.9 Å². The van der Waals surface area contributed by atoms with Gasteiger partial charge in [0.25, 0.3) is 0 Å². The minimum Gasteiger partial charge on any atom is -0.340 e. The van der Waals surface area contributed by atoms with Gasteiger partial charge in [0.2, 0.25) is 11.9 Å². The number of carbonyl (C=O) groups is 1. The van der Waals surface area contributed by atoms with Crippen molar-refractivity contribution in [3.63, 3.8) is 0 Å². The molecule has 1 aromatic heterocycles. The predicted octanol–water partition coefficient (Wildman–Crippen LogP) is 4.75. The van der Waals surface area contributed by atoms with Gasteiger partial charge in [-0.15, -0.1) is 0 Å². The van der Waals surface area contributed by atoms with Crippen LogP contribution >= 0.6 is 0 Å². The van der Waals surface area contributed by atoms with E-state index in [1.54, 1.807) is 24.5 Å². The molecule has 2 heterocycles. The van der Waals surface area contributed by atoms with E-state index in [0.29, 0.717) is 12.5 Å². The number of piperidine rings is 1. The maximum atomic E-state index is 13.1. The predicted molar refractivity (Wildman–Crippen MR) is 117 cm³/mol. The van der Waals surface area contributed by atoms with Gasteiger partial charge in [0.05, 0.1) is 5.92 Å². The summed E-state index contributed by atoms with van der Waals surface area (Å²) in [5.41, 5.74) is 4.90. The molecule has 154 valence electrons. The number of aryl methyl sites for hydroxylation is 2. The van der Waals surface area contributed by atoms with Crippen molar-refractivity contribution in [1.82, 2.24) is 9.97 Å². The Hall–Kier alpha value is -3.28. The first kappa shape index (κ1) is 20.0. The minimum absolute atomic E-state index is 0.0332. The van der Waals surface area contributed by atoms with Crippen molar-refractivity contribution < 1.29 is 9.18 Å². The molecule has 0 aliphatic carbocycles. The van der Waals surface area contributed by atoms with Crippen LogP contribution in [-0.2, 0) is 4.79 Å². The van der Waals surface area contributed by atoms with Crippen molar-refractivity contribution >= 4 is 17.5 Å². The Bertz CT molecular complexity index is 1030. The highest BCUT2D eigenvalue weighted by atomic mass is 19.1. The molecule has 1 N–H and O–H groups in total. The topological polar surface area (TPSA) is 58.1 Å². The molecule has 6 heteroatoms. The maximum absolute atomic E-state index is 13.1. The summed E-state index contributed by atoms with van der Waals surface area (Å²) in [5, 5.41) is 3.05. The second-order valence-corrected chi connectivity index (χ2v) is 7.85. The number of carbonyl (C=O) groups excluding carboxylic acids is 1. The average Bonchev–Trinajstić information content (AvgIpc) is 2.77. The Balaban J connectivity index is 1.42. The molecule has 30 heavy (non-hydrogen) atoms. The number of nitrogens with one attached hydrogen (secondary N) is 1. The van der Waals surface area contributed by atoms with Crippen LogP contribution in [0.2, 0.25) is 0 Å². The first-order chi connectivity index (χ1) is 14.5. The fourth-order valence-electron chi connectivity index (χ4n) is 3.71. The van der Waals surface area contributed by atoms with Gasteiger partial charge in [0.15, 0.2) is 0 Å². The molecule has 0 spiro atoms. The molecule has 1 fully saturated rings. The van der Waals surface area contributed by atoms with Crippen molar-refractivity contribution in [2.24, 2.45) is 5.92 Å². The molecule has 1 aliphatic rings. The summed E-state index contributed by atoms with van der Waals surface area (Å²) in [6, 6.07) is 12.2. The maximum Gasteiger partial charge on any atom is 0.229 e. The average molecular weight is 404 g/mol. The number of benzene rings is 2. The molecule has 1 atom stereocenters. The first-order valence-corrected chi connectivity index (χ1v) is 10.2. The Morgan fingerprint density at radius 3 is 2.47 bits per heavy atom. The van der Waals surface area contributed by atoms with Crippen molar-refractivity contribution in [2.75, 3.05) is 23.3 Å². The minimum atomic E-state index is -0.269. The standard InChI is InChI=1S/C24H25FN4O/c1-16-5-10-22(12-17(16)2)28-23(30)19-4-3-11-29(15-19)24-26-13-20(14-27-24)18-6-8-21(25)9-7-18/h5-10,12-14,19H,3-4,11,15H2,1-2H3,(H,28,30)/t19-/m1/s1. The van der Waals surface area contributed by atoms with E-state index < -0.39 is 0 Å². The Labute approximate surface area is 176 Å². The van der Waals surface area contributed by atoms with Gasteiger partial charge in [-0.25, -0.2) is 14.4 Å². The van der Waals surface area contributed by atoms with E-state index in [0.717, 1.165) is 41.8 Å². The van der Waals surface area contributed by atoms with Crippen LogP contribution in [0.1, 0.15) is 24.0 Å². The highest BCUT2D eigenvalue weighted by Crippen LogP contribution is 2.24. The zero-order valence-electron chi connectivity index (χ0n) is 17.2. The van der Waals surface area contributed by atoms with Crippen LogP contribution < -0.4 is 10.2 Å². The lowest BCUT2D eigenvalue weighted by molar-refractivity contribution is -0.120. The van der Waals surface area contributed by atoms with Gasteiger partial charge in [-0.3, -0.25) is 4.79 Å².